The smallest absolute Gasteiger partial charge is 0.250 e. The van der Waals surface area contributed by atoms with Gasteiger partial charge in [0.05, 0.1) is 6.42 Å². The van der Waals surface area contributed by atoms with Crippen molar-refractivity contribution in [1.82, 2.24) is 5.01 Å². The molecule has 2 N–H and O–H groups in total. The molecule has 0 spiro atoms. The molecule has 4 heteroatoms. The Morgan fingerprint density at radius 1 is 1.46 bits per heavy atom. The van der Waals surface area contributed by atoms with Gasteiger partial charge in [0.25, 0.3) is 0 Å². The minimum Gasteiger partial charge on any atom is -0.385 e. The second-order valence-electron chi connectivity index (χ2n) is 3.35. The van der Waals surface area contributed by atoms with Crippen molar-refractivity contribution in [2.24, 2.45) is 10.8 Å². The highest BCUT2D eigenvalue weighted by Gasteiger charge is 2.20. The molecule has 0 saturated heterocycles. The van der Waals surface area contributed by atoms with Crippen molar-refractivity contribution in [3.05, 3.63) is 0 Å². The van der Waals surface area contributed by atoms with E-state index in [1.807, 2.05) is 0 Å². The third-order valence-corrected chi connectivity index (χ3v) is 2.09. The van der Waals surface area contributed by atoms with Crippen LogP contribution in [0.1, 0.15) is 39.0 Å². The van der Waals surface area contributed by atoms with E-state index in [0.717, 1.165) is 19.4 Å². The van der Waals surface area contributed by atoms with Crippen molar-refractivity contribution in [3.8, 4) is 0 Å². The third-order valence-electron chi connectivity index (χ3n) is 2.09. The number of hydrazone groups is 1. The molecule has 0 saturated carbocycles. The molecule has 13 heavy (non-hydrogen) atoms. The lowest BCUT2D eigenvalue weighted by Gasteiger charge is -2.10. The molecule has 1 aliphatic heterocycles. The van der Waals surface area contributed by atoms with Gasteiger partial charge in [0, 0.05) is 6.54 Å². The van der Waals surface area contributed by atoms with Gasteiger partial charge in [-0.05, 0) is 6.42 Å². The molecule has 0 aliphatic carbocycles. The van der Waals surface area contributed by atoms with Crippen molar-refractivity contribution in [1.29, 1.82) is 0 Å². The van der Waals surface area contributed by atoms with E-state index in [0.29, 0.717) is 12.3 Å². The molecule has 0 atom stereocenters. The highest BCUT2D eigenvalue weighted by Crippen LogP contribution is 2.08. The fourth-order valence-electron chi connectivity index (χ4n) is 1.36. The van der Waals surface area contributed by atoms with Gasteiger partial charge in [-0.25, -0.2) is 5.01 Å². The van der Waals surface area contributed by atoms with Crippen molar-refractivity contribution >= 4 is 11.7 Å². The number of carbonyl (C=O) groups excluding carboxylic acids is 1. The van der Waals surface area contributed by atoms with Gasteiger partial charge >= 0.3 is 0 Å². The highest BCUT2D eigenvalue weighted by atomic mass is 16.2. The normalized spacial score (nSPS) is 16.5. The maximum Gasteiger partial charge on any atom is 0.250 e. The van der Waals surface area contributed by atoms with Crippen molar-refractivity contribution < 1.29 is 4.79 Å². The van der Waals surface area contributed by atoms with Crippen molar-refractivity contribution in [2.75, 3.05) is 6.54 Å². The third kappa shape index (κ3) is 3.05. The van der Waals surface area contributed by atoms with Crippen LogP contribution in [-0.4, -0.2) is 23.3 Å². The number of carbonyl (C=O) groups is 1. The van der Waals surface area contributed by atoms with E-state index < -0.39 is 0 Å². The summed E-state index contributed by atoms with van der Waals surface area (Å²) in [6.07, 6.45) is 4.92. The molecular weight excluding hydrogens is 166 g/mol. The number of rotatable bonds is 5. The summed E-state index contributed by atoms with van der Waals surface area (Å²) in [4.78, 5) is 11.2. The summed E-state index contributed by atoms with van der Waals surface area (Å²) in [5, 5.41) is 5.44. The first kappa shape index (κ1) is 10.0. The number of hydrogen-bond donors (Lipinski definition) is 1. The lowest BCUT2D eigenvalue weighted by Crippen LogP contribution is -2.21. The van der Waals surface area contributed by atoms with Crippen LogP contribution < -0.4 is 5.73 Å². The zero-order chi connectivity index (χ0) is 9.68. The maximum absolute atomic E-state index is 11.2. The lowest BCUT2D eigenvalue weighted by atomic mass is 10.2. The predicted octanol–water partition coefficient (Wildman–Crippen LogP) is 1.07. The monoisotopic (exact) mass is 183 g/mol. The number of amidine groups is 1. The fourth-order valence-corrected chi connectivity index (χ4v) is 1.36. The Kier molecular flexibility index (Phi) is 3.73. The quantitative estimate of drug-likeness (QED) is 0.648. The van der Waals surface area contributed by atoms with E-state index in [1.54, 1.807) is 0 Å². The number of unbranched alkanes of at least 4 members (excludes halogenated alkanes) is 3. The first-order valence-electron chi connectivity index (χ1n) is 4.87. The Morgan fingerprint density at radius 2 is 2.23 bits per heavy atom. The maximum atomic E-state index is 11.2. The van der Waals surface area contributed by atoms with Crippen molar-refractivity contribution in [3.63, 3.8) is 0 Å². The highest BCUT2D eigenvalue weighted by molar-refractivity contribution is 6.02. The van der Waals surface area contributed by atoms with Gasteiger partial charge in [0.15, 0.2) is 0 Å². The molecule has 0 aromatic rings. The second kappa shape index (κ2) is 4.84. The van der Waals surface area contributed by atoms with E-state index in [4.69, 9.17) is 5.73 Å². The molecule has 0 fully saturated rings. The van der Waals surface area contributed by atoms with Crippen LogP contribution in [0.2, 0.25) is 0 Å². The van der Waals surface area contributed by atoms with Crippen LogP contribution in [-0.2, 0) is 4.79 Å². The number of hydrogen-bond acceptors (Lipinski definition) is 3. The molecule has 0 radical (unpaired) electrons. The van der Waals surface area contributed by atoms with E-state index in [9.17, 15) is 4.79 Å². The average molecular weight is 183 g/mol. The summed E-state index contributed by atoms with van der Waals surface area (Å²) in [5.74, 6) is 0.481. The van der Waals surface area contributed by atoms with E-state index in [-0.39, 0.29) is 5.91 Å². The van der Waals surface area contributed by atoms with Crippen LogP contribution >= 0.6 is 0 Å². The number of nitrogens with zero attached hydrogens (tertiary/aromatic N) is 2. The lowest BCUT2D eigenvalue weighted by molar-refractivity contribution is -0.128. The summed E-state index contributed by atoms with van der Waals surface area (Å²) in [7, 11) is 0. The zero-order valence-electron chi connectivity index (χ0n) is 8.12. The van der Waals surface area contributed by atoms with Gasteiger partial charge in [-0.1, -0.05) is 26.2 Å². The minimum absolute atomic E-state index is 0.0361. The SMILES string of the molecule is CCCCCCN1N=C(N)CC1=O. The standard InChI is InChI=1S/C9H17N3O/c1-2-3-4-5-6-12-9(13)7-8(10)11-12/h2-7H2,1H3,(H2,10,11). The van der Waals surface area contributed by atoms with Gasteiger partial charge in [-0.2, -0.15) is 5.10 Å². The van der Waals surface area contributed by atoms with Crippen LogP contribution in [0.15, 0.2) is 5.10 Å². The molecule has 0 aromatic carbocycles. The summed E-state index contributed by atoms with van der Waals surface area (Å²) in [6.45, 7) is 2.89. The molecule has 1 amide bonds. The van der Waals surface area contributed by atoms with Crippen LogP contribution in [0, 0.1) is 0 Å². The van der Waals surface area contributed by atoms with Gasteiger partial charge in [-0.15, -0.1) is 0 Å². The Labute approximate surface area is 78.8 Å². The molecular formula is C9H17N3O. The molecule has 74 valence electrons. The largest absolute Gasteiger partial charge is 0.385 e. The van der Waals surface area contributed by atoms with Crippen LogP contribution in [0.5, 0.6) is 0 Å². The van der Waals surface area contributed by atoms with Crippen LogP contribution in [0.3, 0.4) is 0 Å². The number of amides is 1. The van der Waals surface area contributed by atoms with Crippen LogP contribution in [0.25, 0.3) is 0 Å². The zero-order valence-corrected chi connectivity index (χ0v) is 8.12. The van der Waals surface area contributed by atoms with E-state index in [1.165, 1.54) is 17.9 Å². The molecule has 1 rings (SSSR count). The summed E-state index contributed by atoms with van der Waals surface area (Å²) in [5.41, 5.74) is 5.43. The summed E-state index contributed by atoms with van der Waals surface area (Å²) in [6, 6.07) is 0. The second-order valence-corrected chi connectivity index (χ2v) is 3.35. The molecule has 1 heterocycles. The Morgan fingerprint density at radius 3 is 2.77 bits per heavy atom. The van der Waals surface area contributed by atoms with E-state index in [2.05, 4.69) is 12.0 Å². The molecule has 4 nitrogen and oxygen atoms in total. The van der Waals surface area contributed by atoms with Gasteiger partial charge in [0.1, 0.15) is 5.84 Å². The predicted molar refractivity (Wildman–Crippen MR) is 52.1 cm³/mol. The number of nitrogens with two attached hydrogens (primary N) is 1. The average Bonchev–Trinajstić information content (AvgIpc) is 2.39. The van der Waals surface area contributed by atoms with Gasteiger partial charge in [0.2, 0.25) is 5.91 Å². The first-order valence-corrected chi connectivity index (χ1v) is 4.87. The molecule has 0 unspecified atom stereocenters. The topological polar surface area (TPSA) is 58.7 Å². The molecule has 1 aliphatic rings. The van der Waals surface area contributed by atoms with Gasteiger partial charge in [-0.3, -0.25) is 4.79 Å². The van der Waals surface area contributed by atoms with Crippen molar-refractivity contribution in [2.45, 2.75) is 39.0 Å². The Hall–Kier alpha value is -1.06. The van der Waals surface area contributed by atoms with E-state index >= 15 is 0 Å². The van der Waals surface area contributed by atoms with Crippen LogP contribution in [0.4, 0.5) is 0 Å². The van der Waals surface area contributed by atoms with Gasteiger partial charge < -0.3 is 5.73 Å². The Bertz CT molecular complexity index is 213. The first-order chi connectivity index (χ1) is 6.24. The summed E-state index contributed by atoms with van der Waals surface area (Å²) >= 11 is 0. The summed E-state index contributed by atoms with van der Waals surface area (Å²) < 4.78 is 0. The Balaban J connectivity index is 2.18. The molecule has 0 bridgehead atoms. The minimum atomic E-state index is 0.0361. The molecule has 0 aromatic heterocycles. The fraction of sp³-hybridized carbons (Fsp3) is 0.778.